The van der Waals surface area contributed by atoms with Crippen LogP contribution >= 0.6 is 11.3 Å². The van der Waals surface area contributed by atoms with Gasteiger partial charge in [0.05, 0.1) is 23.9 Å². The summed E-state index contributed by atoms with van der Waals surface area (Å²) in [4.78, 5) is 14.9. The number of nitrogens with zero attached hydrogens (tertiary/aromatic N) is 3. The molecule has 6 heteroatoms. The summed E-state index contributed by atoms with van der Waals surface area (Å²) in [6.07, 6.45) is 8.36. The van der Waals surface area contributed by atoms with E-state index in [0.717, 1.165) is 43.0 Å². The Morgan fingerprint density at radius 3 is 2.96 bits per heavy atom. The summed E-state index contributed by atoms with van der Waals surface area (Å²) in [5, 5.41) is 8.15. The molecule has 2 fully saturated rings. The summed E-state index contributed by atoms with van der Waals surface area (Å²) in [6.45, 7) is 1.61. The minimum atomic E-state index is 0.0975. The fourth-order valence-electron chi connectivity index (χ4n) is 3.43. The largest absolute Gasteiger partial charge is 0.376 e. The van der Waals surface area contributed by atoms with E-state index in [9.17, 15) is 4.79 Å². The lowest BCUT2D eigenvalue weighted by Crippen LogP contribution is -2.42. The molecule has 0 bridgehead atoms. The predicted octanol–water partition coefficient (Wildman–Crippen LogP) is 2.73. The maximum atomic E-state index is 12.9. The Labute approximate surface area is 146 Å². The lowest BCUT2D eigenvalue weighted by Gasteiger charge is -2.28. The predicted molar refractivity (Wildman–Crippen MR) is 93.1 cm³/mol. The molecule has 24 heavy (non-hydrogen) atoms. The van der Waals surface area contributed by atoms with Crippen LogP contribution in [0.5, 0.6) is 0 Å². The van der Waals surface area contributed by atoms with Gasteiger partial charge in [-0.05, 0) is 48.6 Å². The van der Waals surface area contributed by atoms with E-state index < -0.39 is 0 Å². The highest BCUT2D eigenvalue weighted by atomic mass is 32.1. The molecule has 2 aliphatic rings. The van der Waals surface area contributed by atoms with Crippen molar-refractivity contribution in [2.75, 3.05) is 13.2 Å². The topological polar surface area (TPSA) is 47.4 Å². The van der Waals surface area contributed by atoms with Gasteiger partial charge in [-0.1, -0.05) is 0 Å². The molecule has 1 saturated carbocycles. The van der Waals surface area contributed by atoms with Crippen LogP contribution in [-0.4, -0.2) is 45.9 Å². The monoisotopic (exact) mass is 345 g/mol. The smallest absolute Gasteiger partial charge is 0.255 e. The number of carbonyl (C=O) groups excluding carboxylic acids is 1. The van der Waals surface area contributed by atoms with E-state index in [1.807, 2.05) is 45.8 Å². The second-order valence-corrected chi connectivity index (χ2v) is 7.69. The highest BCUT2D eigenvalue weighted by Crippen LogP contribution is 2.32. The Kier molecular flexibility index (Phi) is 4.41. The van der Waals surface area contributed by atoms with Gasteiger partial charge in [-0.2, -0.15) is 16.4 Å². The number of hydrogen-bond donors (Lipinski definition) is 0. The summed E-state index contributed by atoms with van der Waals surface area (Å²) in [6, 6.07) is 2.01. The van der Waals surface area contributed by atoms with E-state index in [0.29, 0.717) is 0 Å². The molecule has 1 amide bonds. The molecule has 0 unspecified atom stereocenters. The summed E-state index contributed by atoms with van der Waals surface area (Å²) in [5.74, 6) is 0.869. The molecule has 1 aliphatic carbocycles. The maximum Gasteiger partial charge on any atom is 0.255 e. The first kappa shape index (κ1) is 15.8. The Bertz CT molecular complexity index is 693. The third-order valence-electron chi connectivity index (χ3n) is 4.96. The van der Waals surface area contributed by atoms with Crippen LogP contribution in [0, 0.1) is 5.92 Å². The molecule has 3 heterocycles. The average Bonchev–Trinajstić information content (AvgIpc) is 2.98. The van der Waals surface area contributed by atoms with Crippen molar-refractivity contribution in [1.29, 1.82) is 0 Å². The molecule has 2 aromatic heterocycles. The van der Waals surface area contributed by atoms with E-state index >= 15 is 0 Å². The standard InChI is InChI=1S/C18H23N3O2S/c1-20-10-14(9-19-20)8-16-17(23-11-13-2-3-13)4-6-21(16)18(22)15-5-7-24-12-15/h5,7,9-10,12-13,16-17H,2-4,6,8,11H2,1H3/t16-,17-/m1/s1. The van der Waals surface area contributed by atoms with Gasteiger partial charge >= 0.3 is 0 Å². The minimum absolute atomic E-state index is 0.0975. The number of carbonyl (C=O) groups is 1. The van der Waals surface area contributed by atoms with Crippen molar-refractivity contribution in [3.63, 3.8) is 0 Å². The van der Waals surface area contributed by atoms with Gasteiger partial charge < -0.3 is 9.64 Å². The molecule has 1 aliphatic heterocycles. The molecule has 128 valence electrons. The number of likely N-dealkylation sites (tertiary alicyclic amines) is 1. The summed E-state index contributed by atoms with van der Waals surface area (Å²) >= 11 is 1.57. The SMILES string of the molecule is Cn1cc(C[C@@H]2[C@H](OCC3CC3)CCN2C(=O)c2ccsc2)cn1. The number of amides is 1. The van der Waals surface area contributed by atoms with Crippen molar-refractivity contribution in [3.05, 3.63) is 40.3 Å². The number of aromatic nitrogens is 2. The molecule has 1 saturated heterocycles. The zero-order chi connectivity index (χ0) is 16.5. The zero-order valence-electron chi connectivity index (χ0n) is 13.9. The second kappa shape index (κ2) is 6.69. The molecular formula is C18H23N3O2S. The molecule has 0 radical (unpaired) electrons. The number of hydrogen-bond acceptors (Lipinski definition) is 4. The van der Waals surface area contributed by atoms with Gasteiger partial charge in [-0.25, -0.2) is 0 Å². The van der Waals surface area contributed by atoms with Crippen LogP contribution in [0.15, 0.2) is 29.2 Å². The molecule has 2 aromatic rings. The van der Waals surface area contributed by atoms with Crippen molar-refractivity contribution >= 4 is 17.2 Å². The van der Waals surface area contributed by atoms with Gasteiger partial charge in [0.25, 0.3) is 5.91 Å². The van der Waals surface area contributed by atoms with Crippen molar-refractivity contribution in [1.82, 2.24) is 14.7 Å². The highest BCUT2D eigenvalue weighted by Gasteiger charge is 2.39. The van der Waals surface area contributed by atoms with Gasteiger partial charge in [0.15, 0.2) is 0 Å². The van der Waals surface area contributed by atoms with Crippen molar-refractivity contribution in [3.8, 4) is 0 Å². The molecule has 4 rings (SSSR count). The number of rotatable bonds is 6. The minimum Gasteiger partial charge on any atom is -0.376 e. The number of aryl methyl sites for hydroxylation is 1. The van der Waals surface area contributed by atoms with Gasteiger partial charge in [0.2, 0.25) is 0 Å². The van der Waals surface area contributed by atoms with Gasteiger partial charge in [0, 0.05) is 31.8 Å². The van der Waals surface area contributed by atoms with Crippen LogP contribution in [0.25, 0.3) is 0 Å². The molecule has 0 aromatic carbocycles. The zero-order valence-corrected chi connectivity index (χ0v) is 14.7. The van der Waals surface area contributed by atoms with E-state index in [-0.39, 0.29) is 18.1 Å². The second-order valence-electron chi connectivity index (χ2n) is 6.91. The fourth-order valence-corrected chi connectivity index (χ4v) is 4.06. The van der Waals surface area contributed by atoms with Crippen LogP contribution in [0.3, 0.4) is 0 Å². The third kappa shape index (κ3) is 3.39. The average molecular weight is 345 g/mol. The first-order valence-electron chi connectivity index (χ1n) is 8.63. The van der Waals surface area contributed by atoms with Crippen molar-refractivity contribution in [2.45, 2.75) is 37.8 Å². The van der Waals surface area contributed by atoms with Gasteiger partial charge in [0.1, 0.15) is 0 Å². The Hall–Kier alpha value is -1.66. The maximum absolute atomic E-state index is 12.9. The molecule has 2 atom stereocenters. The molecule has 0 spiro atoms. The van der Waals surface area contributed by atoms with Gasteiger partial charge in [-0.3, -0.25) is 9.48 Å². The van der Waals surface area contributed by atoms with Crippen LogP contribution in [0.1, 0.15) is 35.2 Å². The lowest BCUT2D eigenvalue weighted by molar-refractivity contribution is 0.0200. The number of ether oxygens (including phenoxy) is 1. The van der Waals surface area contributed by atoms with Crippen molar-refractivity contribution in [2.24, 2.45) is 13.0 Å². The van der Waals surface area contributed by atoms with E-state index in [1.54, 1.807) is 11.3 Å². The number of thiophene rings is 1. The Balaban J connectivity index is 1.51. The van der Waals surface area contributed by atoms with Crippen LogP contribution in [-0.2, 0) is 18.2 Å². The molecule has 5 nitrogen and oxygen atoms in total. The van der Waals surface area contributed by atoms with Crippen LogP contribution in [0.4, 0.5) is 0 Å². The normalized spacial score (nSPS) is 23.8. The van der Waals surface area contributed by atoms with E-state index in [1.165, 1.54) is 12.8 Å². The first-order chi connectivity index (χ1) is 11.7. The van der Waals surface area contributed by atoms with Crippen molar-refractivity contribution < 1.29 is 9.53 Å². The quantitative estimate of drug-likeness (QED) is 0.809. The van der Waals surface area contributed by atoms with Crippen LogP contribution in [0.2, 0.25) is 0 Å². The van der Waals surface area contributed by atoms with E-state index in [4.69, 9.17) is 4.74 Å². The highest BCUT2D eigenvalue weighted by molar-refractivity contribution is 7.08. The molecular weight excluding hydrogens is 322 g/mol. The lowest BCUT2D eigenvalue weighted by atomic mass is 10.0. The summed E-state index contributed by atoms with van der Waals surface area (Å²) in [5.41, 5.74) is 1.95. The van der Waals surface area contributed by atoms with Crippen LogP contribution < -0.4 is 0 Å². The molecule has 0 N–H and O–H groups in total. The summed E-state index contributed by atoms with van der Waals surface area (Å²) in [7, 11) is 1.92. The Morgan fingerprint density at radius 1 is 1.42 bits per heavy atom. The van der Waals surface area contributed by atoms with E-state index in [2.05, 4.69) is 5.10 Å². The Morgan fingerprint density at radius 2 is 2.29 bits per heavy atom. The fraction of sp³-hybridized carbons (Fsp3) is 0.556. The van der Waals surface area contributed by atoms with Gasteiger partial charge in [-0.15, -0.1) is 0 Å². The summed E-state index contributed by atoms with van der Waals surface area (Å²) < 4.78 is 8.01. The third-order valence-corrected chi connectivity index (χ3v) is 5.64. The first-order valence-corrected chi connectivity index (χ1v) is 9.57.